The number of nitrogens with two attached hydrogens (primary N) is 1. The molecule has 2 amide bonds. The molecule has 0 unspecified atom stereocenters. The summed E-state index contributed by atoms with van der Waals surface area (Å²) in [4.78, 5) is 27.1. The topological polar surface area (TPSA) is 90.0 Å². The number of primary amides is 1. The predicted octanol–water partition coefficient (Wildman–Crippen LogP) is 0.832. The van der Waals surface area contributed by atoms with Gasteiger partial charge in [-0.15, -0.1) is 0 Å². The van der Waals surface area contributed by atoms with Crippen molar-refractivity contribution >= 4 is 22.8 Å². The van der Waals surface area contributed by atoms with E-state index in [9.17, 15) is 9.59 Å². The lowest BCUT2D eigenvalue weighted by molar-refractivity contribution is -0.128. The Kier molecular flexibility index (Phi) is 2.93. The van der Waals surface area contributed by atoms with Crippen molar-refractivity contribution in [3.63, 3.8) is 0 Å². The fourth-order valence-electron chi connectivity index (χ4n) is 2.70. The maximum Gasteiger partial charge on any atom is 0.248 e. The number of imidazole rings is 1. The van der Waals surface area contributed by atoms with E-state index >= 15 is 0 Å². The molecule has 0 bridgehead atoms. The van der Waals surface area contributed by atoms with Gasteiger partial charge < -0.3 is 15.6 Å². The van der Waals surface area contributed by atoms with E-state index < -0.39 is 5.91 Å². The lowest BCUT2D eigenvalue weighted by Gasteiger charge is -2.35. The van der Waals surface area contributed by atoms with Crippen molar-refractivity contribution in [2.24, 2.45) is 11.7 Å². The fraction of sp³-hybridized carbons (Fsp3) is 0.357. The van der Waals surface area contributed by atoms with Gasteiger partial charge in [-0.3, -0.25) is 9.59 Å². The maximum absolute atomic E-state index is 11.5. The Balaban J connectivity index is 1.88. The molecule has 3 rings (SSSR count). The van der Waals surface area contributed by atoms with Crippen molar-refractivity contribution in [3.8, 4) is 0 Å². The molecule has 0 atom stereocenters. The number of carbonyl (C=O) groups excluding carboxylic acids is 2. The van der Waals surface area contributed by atoms with Gasteiger partial charge in [-0.2, -0.15) is 0 Å². The molecule has 1 aliphatic rings. The van der Waals surface area contributed by atoms with Crippen molar-refractivity contribution in [1.29, 1.82) is 0 Å². The number of amides is 2. The van der Waals surface area contributed by atoms with Crippen LogP contribution in [0.2, 0.25) is 0 Å². The average Bonchev–Trinajstić information content (AvgIpc) is 2.80. The number of carbonyl (C=O) groups is 2. The lowest BCUT2D eigenvalue weighted by atomic mass is 9.79. The molecule has 1 fully saturated rings. The van der Waals surface area contributed by atoms with Gasteiger partial charge in [0, 0.05) is 24.6 Å². The van der Waals surface area contributed by atoms with Crippen LogP contribution >= 0.6 is 0 Å². The summed E-state index contributed by atoms with van der Waals surface area (Å²) in [6, 6.07) is 5.49. The van der Waals surface area contributed by atoms with Crippen LogP contribution in [0.25, 0.3) is 11.0 Å². The Hall–Kier alpha value is -2.37. The smallest absolute Gasteiger partial charge is 0.248 e. The molecule has 0 radical (unpaired) electrons. The van der Waals surface area contributed by atoms with E-state index in [0.717, 1.165) is 23.9 Å². The number of nitrogens with zero attached hydrogens (tertiary/aromatic N) is 2. The second kappa shape index (κ2) is 4.63. The molecule has 1 saturated carbocycles. The summed E-state index contributed by atoms with van der Waals surface area (Å²) in [7, 11) is 1.65. The number of benzene rings is 1. The van der Waals surface area contributed by atoms with Gasteiger partial charge in [0.1, 0.15) is 0 Å². The van der Waals surface area contributed by atoms with Crippen molar-refractivity contribution in [1.82, 2.24) is 14.9 Å². The van der Waals surface area contributed by atoms with Crippen molar-refractivity contribution < 1.29 is 9.59 Å². The Labute approximate surface area is 116 Å². The van der Waals surface area contributed by atoms with Crippen LogP contribution in [0, 0.1) is 5.92 Å². The fourth-order valence-corrected chi connectivity index (χ4v) is 2.70. The minimum Gasteiger partial charge on any atom is -0.366 e. The molecule has 104 valence electrons. The Morgan fingerprint density at radius 2 is 2.15 bits per heavy atom. The molecular formula is C14H16N4O2. The van der Waals surface area contributed by atoms with Gasteiger partial charge in [0.25, 0.3) is 0 Å². The highest BCUT2D eigenvalue weighted by molar-refractivity contribution is 5.96. The van der Waals surface area contributed by atoms with Crippen LogP contribution in [0.1, 0.15) is 29.2 Å². The van der Waals surface area contributed by atoms with Gasteiger partial charge in [0.15, 0.2) is 0 Å². The van der Waals surface area contributed by atoms with E-state index in [2.05, 4.69) is 10.3 Å². The monoisotopic (exact) mass is 272 g/mol. The van der Waals surface area contributed by atoms with Crippen LogP contribution in [0.3, 0.4) is 0 Å². The largest absolute Gasteiger partial charge is 0.366 e. The molecule has 0 spiro atoms. The minimum atomic E-state index is -0.448. The highest BCUT2D eigenvalue weighted by Gasteiger charge is 2.35. The lowest BCUT2D eigenvalue weighted by Crippen LogP contribution is -2.37. The molecule has 1 aromatic carbocycles. The molecule has 1 aliphatic carbocycles. The van der Waals surface area contributed by atoms with Crippen molar-refractivity contribution in [2.45, 2.75) is 18.9 Å². The van der Waals surface area contributed by atoms with E-state index in [1.807, 2.05) is 4.57 Å². The maximum atomic E-state index is 11.5. The van der Waals surface area contributed by atoms with Gasteiger partial charge in [-0.25, -0.2) is 4.98 Å². The molecular weight excluding hydrogens is 256 g/mol. The summed E-state index contributed by atoms with van der Waals surface area (Å²) in [5, 5.41) is 2.67. The molecule has 0 saturated heterocycles. The number of hydrogen-bond acceptors (Lipinski definition) is 3. The number of nitrogens with one attached hydrogen (secondary N) is 1. The van der Waals surface area contributed by atoms with E-state index in [-0.39, 0.29) is 17.9 Å². The first-order valence-electron chi connectivity index (χ1n) is 6.58. The summed E-state index contributed by atoms with van der Waals surface area (Å²) in [5.74, 6) is -0.290. The van der Waals surface area contributed by atoms with E-state index in [0.29, 0.717) is 5.56 Å². The van der Waals surface area contributed by atoms with Gasteiger partial charge in [0.05, 0.1) is 17.4 Å². The van der Waals surface area contributed by atoms with Crippen LogP contribution in [0.15, 0.2) is 24.5 Å². The Bertz CT molecular complexity index is 686. The molecule has 20 heavy (non-hydrogen) atoms. The van der Waals surface area contributed by atoms with Crippen LogP contribution < -0.4 is 11.1 Å². The normalized spacial score (nSPS) is 21.4. The van der Waals surface area contributed by atoms with Crippen LogP contribution in [-0.4, -0.2) is 28.4 Å². The number of fused-ring (bicyclic) bond motifs is 1. The molecule has 1 heterocycles. The molecule has 0 aliphatic heterocycles. The van der Waals surface area contributed by atoms with Crippen molar-refractivity contribution in [3.05, 3.63) is 30.1 Å². The van der Waals surface area contributed by atoms with E-state index in [4.69, 9.17) is 5.73 Å². The van der Waals surface area contributed by atoms with Gasteiger partial charge in [0.2, 0.25) is 11.8 Å². The molecule has 2 aromatic rings. The zero-order valence-electron chi connectivity index (χ0n) is 11.2. The standard InChI is InChI=1S/C14H16N4O2/c1-16-14(20)9-4-10(5-9)18-7-17-11-3-2-8(13(15)19)6-12(11)18/h2-3,6-7,9-10H,4-5H2,1H3,(H2,15,19)(H,16,20). The van der Waals surface area contributed by atoms with Crippen LogP contribution in [-0.2, 0) is 4.79 Å². The van der Waals surface area contributed by atoms with Crippen molar-refractivity contribution in [2.75, 3.05) is 7.05 Å². The predicted molar refractivity (Wildman–Crippen MR) is 74.1 cm³/mol. The summed E-state index contributed by atoms with van der Waals surface area (Å²) in [6.07, 6.45) is 3.36. The Morgan fingerprint density at radius 3 is 2.80 bits per heavy atom. The third-order valence-electron chi connectivity index (χ3n) is 3.98. The third-order valence-corrected chi connectivity index (χ3v) is 3.98. The van der Waals surface area contributed by atoms with E-state index in [1.54, 1.807) is 31.6 Å². The Morgan fingerprint density at radius 1 is 1.40 bits per heavy atom. The summed E-state index contributed by atoms with van der Waals surface area (Å²) < 4.78 is 2.03. The average molecular weight is 272 g/mol. The summed E-state index contributed by atoms with van der Waals surface area (Å²) in [6.45, 7) is 0. The van der Waals surface area contributed by atoms with Gasteiger partial charge in [-0.1, -0.05) is 0 Å². The summed E-state index contributed by atoms with van der Waals surface area (Å²) >= 11 is 0. The molecule has 6 nitrogen and oxygen atoms in total. The molecule has 3 N–H and O–H groups in total. The zero-order chi connectivity index (χ0) is 14.3. The minimum absolute atomic E-state index is 0.0711. The van der Waals surface area contributed by atoms with Gasteiger partial charge in [-0.05, 0) is 31.0 Å². The summed E-state index contributed by atoms with van der Waals surface area (Å²) in [5.41, 5.74) is 7.50. The van der Waals surface area contributed by atoms with Crippen LogP contribution in [0.4, 0.5) is 0 Å². The highest BCUT2D eigenvalue weighted by Crippen LogP contribution is 2.39. The quantitative estimate of drug-likeness (QED) is 0.867. The number of rotatable bonds is 3. The first-order valence-corrected chi connectivity index (χ1v) is 6.58. The number of aromatic nitrogens is 2. The van der Waals surface area contributed by atoms with Crippen LogP contribution in [0.5, 0.6) is 0 Å². The molecule has 6 heteroatoms. The second-order valence-electron chi connectivity index (χ2n) is 5.16. The van der Waals surface area contributed by atoms with Gasteiger partial charge >= 0.3 is 0 Å². The molecule has 1 aromatic heterocycles. The number of hydrogen-bond donors (Lipinski definition) is 2. The SMILES string of the molecule is CNC(=O)C1CC(n2cnc3ccc(C(N)=O)cc32)C1. The highest BCUT2D eigenvalue weighted by atomic mass is 16.2. The second-order valence-corrected chi connectivity index (χ2v) is 5.16. The first kappa shape index (κ1) is 12.7. The first-order chi connectivity index (χ1) is 9.60. The van der Waals surface area contributed by atoms with E-state index in [1.165, 1.54) is 0 Å². The third kappa shape index (κ3) is 1.93. The zero-order valence-corrected chi connectivity index (χ0v) is 11.2.